The van der Waals surface area contributed by atoms with Gasteiger partial charge in [0.15, 0.2) is 0 Å². The first kappa shape index (κ1) is 14.5. The molecule has 1 heterocycles. The largest absolute Gasteiger partial charge is 0.316 e. The summed E-state index contributed by atoms with van der Waals surface area (Å²) >= 11 is 0. The number of anilines is 1. The molecule has 3 heteroatoms. The van der Waals surface area contributed by atoms with Crippen molar-refractivity contribution >= 4 is 11.6 Å². The molecule has 1 saturated carbocycles. The van der Waals surface area contributed by atoms with E-state index < -0.39 is 6.04 Å². The smallest absolute Gasteiger partial charge is 0.248 e. The van der Waals surface area contributed by atoms with Gasteiger partial charge in [0.05, 0.1) is 5.69 Å². The third kappa shape index (κ3) is 2.36. The molecule has 2 N–H and O–H groups in total. The number of nitrogens with two attached hydrogens (primary N) is 1. The molecule has 0 unspecified atom stereocenters. The van der Waals surface area contributed by atoms with Gasteiger partial charge in [-0.15, -0.1) is 0 Å². The molecule has 0 bridgehead atoms. The molecule has 3 nitrogen and oxygen atoms in total. The van der Waals surface area contributed by atoms with E-state index in [2.05, 4.69) is 18.2 Å². The van der Waals surface area contributed by atoms with Gasteiger partial charge in [-0.3, -0.25) is 4.79 Å². The molecule has 0 saturated heterocycles. The Morgan fingerprint density at radius 1 is 0.870 bits per heavy atom. The fourth-order valence-electron chi connectivity index (χ4n) is 4.04. The Balaban J connectivity index is 1.91. The first-order valence-corrected chi connectivity index (χ1v) is 8.54. The molecule has 2 aliphatic rings. The van der Waals surface area contributed by atoms with Crippen LogP contribution in [0, 0.1) is 0 Å². The van der Waals surface area contributed by atoms with Crippen molar-refractivity contribution in [2.45, 2.75) is 44.2 Å². The zero-order chi connectivity index (χ0) is 15.8. The summed E-state index contributed by atoms with van der Waals surface area (Å²) in [6.45, 7) is 0. The van der Waals surface area contributed by atoms with Crippen molar-refractivity contribution in [1.82, 2.24) is 0 Å². The van der Waals surface area contributed by atoms with Gasteiger partial charge < -0.3 is 10.6 Å². The van der Waals surface area contributed by atoms with Gasteiger partial charge in [0.1, 0.15) is 6.04 Å². The van der Waals surface area contributed by atoms with E-state index in [1.54, 1.807) is 0 Å². The molecule has 118 valence electrons. The molecule has 0 aromatic heterocycles. The molecule has 2 aromatic rings. The second-order valence-corrected chi connectivity index (χ2v) is 6.58. The lowest BCUT2D eigenvalue weighted by atomic mass is 9.93. The van der Waals surface area contributed by atoms with Gasteiger partial charge in [0.25, 0.3) is 0 Å². The number of benzene rings is 2. The Bertz CT molecular complexity index is 734. The van der Waals surface area contributed by atoms with E-state index in [4.69, 9.17) is 5.73 Å². The number of hydrogen-bond donors (Lipinski definition) is 1. The van der Waals surface area contributed by atoms with Crippen LogP contribution in [0.5, 0.6) is 0 Å². The second-order valence-electron chi connectivity index (χ2n) is 6.58. The van der Waals surface area contributed by atoms with Crippen LogP contribution in [0.3, 0.4) is 0 Å². The number of rotatable bonds is 1. The molecule has 23 heavy (non-hydrogen) atoms. The summed E-state index contributed by atoms with van der Waals surface area (Å²) in [5.41, 5.74) is 10.5. The number of amides is 1. The summed E-state index contributed by atoms with van der Waals surface area (Å²) in [6, 6.07) is 16.0. The van der Waals surface area contributed by atoms with Crippen LogP contribution in [0.15, 0.2) is 48.5 Å². The lowest BCUT2D eigenvalue weighted by molar-refractivity contribution is -0.120. The highest BCUT2D eigenvalue weighted by molar-refractivity contribution is 6.05. The lowest BCUT2D eigenvalue weighted by Crippen LogP contribution is -2.45. The first-order chi connectivity index (χ1) is 11.3. The number of carbonyl (C=O) groups excluding carboxylic acids is 1. The highest BCUT2D eigenvalue weighted by Crippen LogP contribution is 2.41. The maximum atomic E-state index is 13.2. The summed E-state index contributed by atoms with van der Waals surface area (Å²) in [5.74, 6) is 0.0364. The highest BCUT2D eigenvalue weighted by atomic mass is 16.2. The first-order valence-electron chi connectivity index (χ1n) is 8.54. The Hall–Kier alpha value is -2.13. The molecule has 2 aromatic carbocycles. The third-order valence-electron chi connectivity index (χ3n) is 5.19. The Morgan fingerprint density at radius 3 is 2.30 bits per heavy atom. The van der Waals surface area contributed by atoms with Crippen molar-refractivity contribution < 1.29 is 4.79 Å². The second kappa shape index (κ2) is 5.82. The Labute approximate surface area is 137 Å². The van der Waals surface area contributed by atoms with Gasteiger partial charge in [-0.25, -0.2) is 0 Å². The minimum absolute atomic E-state index is 0.0364. The van der Waals surface area contributed by atoms with E-state index in [-0.39, 0.29) is 11.9 Å². The molecular formula is C20H22N2O. The number of nitrogens with zero attached hydrogens (tertiary/aromatic N) is 1. The maximum Gasteiger partial charge on any atom is 0.248 e. The van der Waals surface area contributed by atoms with Crippen molar-refractivity contribution in [3.8, 4) is 11.1 Å². The standard InChI is InChI=1S/C20H22N2O/c21-19-17-12-5-4-10-15(17)16-11-6-7-13-18(16)22(20(19)23)14-8-2-1-3-9-14/h4-7,10-14,19H,1-3,8-9,21H2/t19-/m0/s1. The normalized spacial score (nSPS) is 21.5. The molecule has 1 amide bonds. The van der Waals surface area contributed by atoms with Crippen LogP contribution in [-0.2, 0) is 4.79 Å². The molecule has 0 spiro atoms. The summed E-state index contributed by atoms with van der Waals surface area (Å²) in [4.78, 5) is 15.2. The van der Waals surface area contributed by atoms with Crippen LogP contribution in [0.4, 0.5) is 5.69 Å². The molecule has 1 atom stereocenters. The molecular weight excluding hydrogens is 284 g/mol. The minimum Gasteiger partial charge on any atom is -0.316 e. The van der Waals surface area contributed by atoms with Crippen molar-refractivity contribution in [3.63, 3.8) is 0 Å². The monoisotopic (exact) mass is 306 g/mol. The predicted octanol–water partition coefficient (Wildman–Crippen LogP) is 4.03. The van der Waals surface area contributed by atoms with Crippen molar-refractivity contribution in [3.05, 3.63) is 54.1 Å². The van der Waals surface area contributed by atoms with E-state index in [9.17, 15) is 4.79 Å². The fraction of sp³-hybridized carbons (Fsp3) is 0.350. The molecule has 1 fully saturated rings. The van der Waals surface area contributed by atoms with Crippen LogP contribution in [0.1, 0.15) is 43.7 Å². The van der Waals surface area contributed by atoms with Crippen LogP contribution >= 0.6 is 0 Å². The van der Waals surface area contributed by atoms with Crippen molar-refractivity contribution in [1.29, 1.82) is 0 Å². The van der Waals surface area contributed by atoms with E-state index in [0.29, 0.717) is 0 Å². The topological polar surface area (TPSA) is 46.3 Å². The fourth-order valence-corrected chi connectivity index (χ4v) is 4.04. The zero-order valence-electron chi connectivity index (χ0n) is 13.2. The molecule has 1 aliphatic carbocycles. The predicted molar refractivity (Wildman–Crippen MR) is 93.2 cm³/mol. The number of para-hydroxylation sites is 1. The van der Waals surface area contributed by atoms with E-state index in [0.717, 1.165) is 35.2 Å². The lowest BCUT2D eigenvalue weighted by Gasteiger charge is -2.35. The van der Waals surface area contributed by atoms with Gasteiger partial charge >= 0.3 is 0 Å². The zero-order valence-corrected chi connectivity index (χ0v) is 13.2. The number of carbonyl (C=O) groups is 1. The van der Waals surface area contributed by atoms with Crippen molar-refractivity contribution in [2.24, 2.45) is 5.73 Å². The van der Waals surface area contributed by atoms with Crippen molar-refractivity contribution in [2.75, 3.05) is 4.90 Å². The van der Waals surface area contributed by atoms with E-state index >= 15 is 0 Å². The Morgan fingerprint density at radius 2 is 1.52 bits per heavy atom. The van der Waals surface area contributed by atoms with E-state index in [1.807, 2.05) is 35.2 Å². The SMILES string of the molecule is N[C@@H]1C(=O)N(C2CCCCC2)c2ccccc2-c2ccccc21. The Kier molecular flexibility index (Phi) is 3.66. The average Bonchev–Trinajstić information content (AvgIpc) is 2.71. The summed E-state index contributed by atoms with van der Waals surface area (Å²) in [6.07, 6.45) is 5.80. The quantitative estimate of drug-likeness (QED) is 0.864. The van der Waals surface area contributed by atoms with Gasteiger partial charge in [0, 0.05) is 11.6 Å². The summed E-state index contributed by atoms with van der Waals surface area (Å²) in [7, 11) is 0. The van der Waals surface area contributed by atoms with Gasteiger partial charge in [0.2, 0.25) is 5.91 Å². The summed E-state index contributed by atoms with van der Waals surface area (Å²) in [5, 5.41) is 0. The maximum absolute atomic E-state index is 13.2. The van der Waals surface area contributed by atoms with Gasteiger partial charge in [-0.1, -0.05) is 61.7 Å². The summed E-state index contributed by atoms with van der Waals surface area (Å²) < 4.78 is 0. The third-order valence-corrected chi connectivity index (χ3v) is 5.19. The van der Waals surface area contributed by atoms with Gasteiger partial charge in [-0.2, -0.15) is 0 Å². The number of fused-ring (bicyclic) bond motifs is 3. The minimum atomic E-state index is -0.583. The molecule has 4 rings (SSSR count). The van der Waals surface area contributed by atoms with E-state index in [1.165, 1.54) is 19.3 Å². The van der Waals surface area contributed by atoms with Crippen LogP contribution in [0.25, 0.3) is 11.1 Å². The molecule has 1 aliphatic heterocycles. The van der Waals surface area contributed by atoms with Crippen LogP contribution in [-0.4, -0.2) is 11.9 Å². The molecule has 0 radical (unpaired) electrons. The highest BCUT2D eigenvalue weighted by Gasteiger charge is 2.35. The van der Waals surface area contributed by atoms with Crippen LogP contribution in [0.2, 0.25) is 0 Å². The number of hydrogen-bond acceptors (Lipinski definition) is 2. The van der Waals surface area contributed by atoms with Crippen LogP contribution < -0.4 is 10.6 Å². The average molecular weight is 306 g/mol. The van der Waals surface area contributed by atoms with Gasteiger partial charge in [-0.05, 0) is 30.0 Å².